The van der Waals surface area contributed by atoms with Crippen molar-refractivity contribution in [3.63, 3.8) is 0 Å². The van der Waals surface area contributed by atoms with E-state index < -0.39 is 0 Å². The number of benzene rings is 1. The predicted octanol–water partition coefficient (Wildman–Crippen LogP) is 4.38. The number of nitrogens with zero attached hydrogens (tertiary/aromatic N) is 3. The van der Waals surface area contributed by atoms with Crippen molar-refractivity contribution < 1.29 is 0 Å². The van der Waals surface area contributed by atoms with E-state index >= 15 is 0 Å². The number of pyridine rings is 1. The van der Waals surface area contributed by atoms with Gasteiger partial charge in [-0.25, -0.2) is 4.68 Å². The van der Waals surface area contributed by atoms with Crippen LogP contribution in [0.5, 0.6) is 0 Å². The molecule has 3 aromatic heterocycles. The maximum absolute atomic E-state index is 12.7. The lowest BCUT2D eigenvalue weighted by Crippen LogP contribution is -2.20. The molecule has 0 unspecified atom stereocenters. The molecule has 4 rings (SSSR count). The molecular weight excluding hydrogens is 342 g/mol. The van der Waals surface area contributed by atoms with Crippen LogP contribution in [0.2, 0.25) is 5.02 Å². The van der Waals surface area contributed by atoms with Gasteiger partial charge in [-0.2, -0.15) is 5.10 Å². The molecule has 0 bridgehead atoms. The van der Waals surface area contributed by atoms with Gasteiger partial charge in [0.05, 0.1) is 10.1 Å². The van der Waals surface area contributed by atoms with Gasteiger partial charge in [0.15, 0.2) is 0 Å². The van der Waals surface area contributed by atoms with Gasteiger partial charge in [-0.15, -0.1) is 11.3 Å². The van der Waals surface area contributed by atoms with Gasteiger partial charge in [0.1, 0.15) is 5.69 Å². The third-order valence-corrected chi connectivity index (χ3v) is 5.08. The van der Waals surface area contributed by atoms with Crippen LogP contribution in [0, 0.1) is 0 Å². The number of halogens is 1. The second-order valence-electron chi connectivity index (χ2n) is 5.38. The first-order chi connectivity index (χ1) is 11.6. The number of rotatable bonds is 2. The van der Waals surface area contributed by atoms with Gasteiger partial charge < -0.3 is 0 Å². The Morgan fingerprint density at radius 2 is 1.92 bits per heavy atom. The maximum Gasteiger partial charge on any atom is 0.275 e. The summed E-state index contributed by atoms with van der Waals surface area (Å²) in [6.07, 6.45) is 3.45. The molecule has 118 valence electrons. The molecule has 24 heavy (non-hydrogen) atoms. The predicted molar refractivity (Wildman–Crippen MR) is 98.5 cm³/mol. The van der Waals surface area contributed by atoms with Gasteiger partial charge in [-0.05, 0) is 29.8 Å². The minimum Gasteiger partial charge on any atom is -0.267 e. The highest BCUT2D eigenvalue weighted by Gasteiger charge is 2.17. The summed E-state index contributed by atoms with van der Waals surface area (Å²) in [5, 5.41) is 7.78. The number of aryl methyl sites for hydroxylation is 1. The van der Waals surface area contributed by atoms with Crippen molar-refractivity contribution in [1.29, 1.82) is 0 Å². The zero-order chi connectivity index (χ0) is 16.7. The largest absolute Gasteiger partial charge is 0.275 e. The molecule has 0 saturated heterocycles. The van der Waals surface area contributed by atoms with Crippen molar-refractivity contribution in [1.82, 2.24) is 14.8 Å². The van der Waals surface area contributed by atoms with Crippen LogP contribution in [0.1, 0.15) is 0 Å². The Bertz CT molecular complexity index is 1100. The second kappa shape index (κ2) is 5.85. The molecule has 3 heterocycles. The van der Waals surface area contributed by atoms with Crippen LogP contribution in [0.3, 0.4) is 0 Å². The lowest BCUT2D eigenvalue weighted by atomic mass is 10.1. The molecule has 0 aliphatic heterocycles. The van der Waals surface area contributed by atoms with Crippen LogP contribution in [-0.4, -0.2) is 14.8 Å². The van der Waals surface area contributed by atoms with Gasteiger partial charge in [0.25, 0.3) is 5.56 Å². The Morgan fingerprint density at radius 3 is 2.67 bits per heavy atom. The van der Waals surface area contributed by atoms with Gasteiger partial charge in [-0.3, -0.25) is 9.78 Å². The van der Waals surface area contributed by atoms with E-state index in [0.717, 1.165) is 27.1 Å². The highest BCUT2D eigenvalue weighted by atomic mass is 35.5. The average molecular weight is 354 g/mol. The van der Waals surface area contributed by atoms with E-state index in [1.165, 1.54) is 16.0 Å². The maximum atomic E-state index is 12.7. The molecule has 0 amide bonds. The monoisotopic (exact) mass is 353 g/mol. The van der Waals surface area contributed by atoms with Crippen molar-refractivity contribution in [2.45, 2.75) is 0 Å². The van der Waals surface area contributed by atoms with Crippen LogP contribution in [0.15, 0.2) is 59.0 Å². The Balaban J connectivity index is 2.07. The highest BCUT2D eigenvalue weighted by Crippen LogP contribution is 2.36. The summed E-state index contributed by atoms with van der Waals surface area (Å²) in [6.45, 7) is 0. The Morgan fingerprint density at radius 1 is 1.12 bits per heavy atom. The van der Waals surface area contributed by atoms with E-state index in [4.69, 9.17) is 11.6 Å². The average Bonchev–Trinajstić information content (AvgIpc) is 3.04. The molecule has 1 aromatic carbocycles. The van der Waals surface area contributed by atoms with E-state index in [0.29, 0.717) is 10.4 Å². The van der Waals surface area contributed by atoms with Gasteiger partial charge in [0, 0.05) is 41.0 Å². The topological polar surface area (TPSA) is 47.8 Å². The van der Waals surface area contributed by atoms with Crippen molar-refractivity contribution in [3.8, 4) is 22.4 Å². The zero-order valence-electron chi connectivity index (χ0n) is 12.7. The summed E-state index contributed by atoms with van der Waals surface area (Å²) >= 11 is 7.64. The van der Waals surface area contributed by atoms with Crippen molar-refractivity contribution in [2.75, 3.05) is 0 Å². The third-order valence-electron chi connectivity index (χ3n) is 3.85. The van der Waals surface area contributed by atoms with Crippen LogP contribution in [-0.2, 0) is 7.05 Å². The Hall–Kier alpha value is -2.50. The number of fused-ring (bicyclic) bond motifs is 1. The van der Waals surface area contributed by atoms with E-state index in [9.17, 15) is 4.79 Å². The molecule has 0 spiro atoms. The minimum atomic E-state index is -0.108. The number of thiophene rings is 1. The van der Waals surface area contributed by atoms with Crippen molar-refractivity contribution in [2.24, 2.45) is 7.05 Å². The summed E-state index contributed by atoms with van der Waals surface area (Å²) in [7, 11) is 1.67. The van der Waals surface area contributed by atoms with Gasteiger partial charge >= 0.3 is 0 Å². The molecule has 6 heteroatoms. The zero-order valence-corrected chi connectivity index (χ0v) is 14.3. The molecule has 4 nitrogen and oxygen atoms in total. The first-order valence-electron chi connectivity index (χ1n) is 7.30. The van der Waals surface area contributed by atoms with E-state index in [1.807, 2.05) is 41.8 Å². The third kappa shape index (κ3) is 2.42. The lowest BCUT2D eigenvalue weighted by molar-refractivity contribution is 0.723. The fourth-order valence-electron chi connectivity index (χ4n) is 2.72. The quantitative estimate of drug-likeness (QED) is 0.537. The van der Waals surface area contributed by atoms with Gasteiger partial charge in [0.2, 0.25) is 0 Å². The fraction of sp³-hybridized carbons (Fsp3) is 0.0556. The summed E-state index contributed by atoms with van der Waals surface area (Å²) < 4.78 is 2.25. The summed E-state index contributed by atoms with van der Waals surface area (Å²) in [5.41, 5.74) is 3.43. The molecule has 0 aliphatic carbocycles. The summed E-state index contributed by atoms with van der Waals surface area (Å²) in [5.74, 6) is 0. The van der Waals surface area contributed by atoms with Crippen LogP contribution >= 0.6 is 22.9 Å². The molecule has 0 N–H and O–H groups in total. The molecule has 0 fully saturated rings. The highest BCUT2D eigenvalue weighted by molar-refractivity contribution is 7.18. The molecule has 0 saturated carbocycles. The van der Waals surface area contributed by atoms with E-state index in [-0.39, 0.29) is 5.56 Å². The normalized spacial score (nSPS) is 11.1. The van der Waals surface area contributed by atoms with Crippen LogP contribution < -0.4 is 5.56 Å². The molecule has 4 aromatic rings. The molecule has 0 aliphatic rings. The van der Waals surface area contributed by atoms with Crippen molar-refractivity contribution >= 4 is 33.0 Å². The van der Waals surface area contributed by atoms with E-state index in [2.05, 4.69) is 10.1 Å². The molecule has 0 atom stereocenters. The van der Waals surface area contributed by atoms with Crippen LogP contribution in [0.25, 0.3) is 32.5 Å². The smallest absolute Gasteiger partial charge is 0.267 e. The fourth-order valence-corrected chi connectivity index (χ4v) is 3.98. The van der Waals surface area contributed by atoms with Crippen LogP contribution in [0.4, 0.5) is 0 Å². The van der Waals surface area contributed by atoms with Crippen molar-refractivity contribution in [3.05, 3.63) is 69.5 Å². The second-order valence-corrected chi connectivity index (χ2v) is 6.69. The summed E-state index contributed by atoms with van der Waals surface area (Å²) in [6, 6.07) is 11.3. The first-order valence-corrected chi connectivity index (χ1v) is 8.56. The Kier molecular flexibility index (Phi) is 3.67. The molecular formula is C18H12ClN3OS. The summed E-state index contributed by atoms with van der Waals surface area (Å²) in [4.78, 5) is 16.7. The Labute approximate surface area is 147 Å². The minimum absolute atomic E-state index is 0.108. The number of hydrogen-bond acceptors (Lipinski definition) is 4. The first kappa shape index (κ1) is 15.1. The lowest BCUT2D eigenvalue weighted by Gasteiger charge is -2.07. The SMILES string of the molecule is Cn1nc(-c2cccc(Cl)c2)c2scc(-c3ccncc3)c2c1=O. The van der Waals surface area contributed by atoms with Gasteiger partial charge in [-0.1, -0.05) is 23.7 Å². The molecule has 0 radical (unpaired) electrons. The number of aromatic nitrogens is 3. The van der Waals surface area contributed by atoms with E-state index in [1.54, 1.807) is 19.4 Å². The standard InChI is InChI=1S/C18H12ClN3OS/c1-22-18(23)15-14(11-5-7-20-8-6-11)10-24-17(15)16(21-22)12-3-2-4-13(19)9-12/h2-10H,1H3. The number of hydrogen-bond donors (Lipinski definition) is 0.